The number of hydrogen-bond donors (Lipinski definition) is 1. The standard InChI is InChI=1S/C7H11F6N/c1-3-4(14-2)5(6(8,9)10)7(11,12)13/h4-5,14H,3H2,1-2H3. The lowest BCUT2D eigenvalue weighted by atomic mass is 9.96. The molecule has 0 aromatic carbocycles. The third-order valence-electron chi connectivity index (χ3n) is 1.92. The van der Waals surface area contributed by atoms with Crippen LogP contribution in [0.15, 0.2) is 0 Å². The van der Waals surface area contributed by atoms with Gasteiger partial charge >= 0.3 is 12.4 Å². The second kappa shape index (κ2) is 4.37. The average Bonchev–Trinajstić information content (AvgIpc) is 1.94. The summed E-state index contributed by atoms with van der Waals surface area (Å²) in [5.41, 5.74) is 0. The molecule has 0 saturated heterocycles. The summed E-state index contributed by atoms with van der Waals surface area (Å²) < 4.78 is 72.5. The molecule has 14 heavy (non-hydrogen) atoms. The summed E-state index contributed by atoms with van der Waals surface area (Å²) in [5.74, 6) is -3.30. The fraction of sp³-hybridized carbons (Fsp3) is 1.00. The van der Waals surface area contributed by atoms with Crippen LogP contribution in [0.4, 0.5) is 26.3 Å². The lowest BCUT2D eigenvalue weighted by molar-refractivity contribution is -0.291. The zero-order valence-corrected chi connectivity index (χ0v) is 7.63. The van der Waals surface area contributed by atoms with Crippen LogP contribution >= 0.6 is 0 Å². The van der Waals surface area contributed by atoms with Crippen LogP contribution in [0.25, 0.3) is 0 Å². The lowest BCUT2D eigenvalue weighted by Crippen LogP contribution is -2.49. The molecular weight excluding hydrogens is 212 g/mol. The SMILES string of the molecule is CCC(NC)C(C(F)(F)F)C(F)(F)F. The third-order valence-corrected chi connectivity index (χ3v) is 1.92. The summed E-state index contributed by atoms with van der Waals surface area (Å²) in [4.78, 5) is 0. The van der Waals surface area contributed by atoms with Crippen LogP contribution in [-0.2, 0) is 0 Å². The highest BCUT2D eigenvalue weighted by atomic mass is 19.4. The Bertz CT molecular complexity index is 154. The van der Waals surface area contributed by atoms with Crippen molar-refractivity contribution in [2.24, 2.45) is 5.92 Å². The Balaban J connectivity index is 4.91. The number of rotatable bonds is 3. The van der Waals surface area contributed by atoms with Gasteiger partial charge in [0, 0.05) is 6.04 Å². The van der Waals surface area contributed by atoms with Crippen molar-refractivity contribution in [2.75, 3.05) is 7.05 Å². The van der Waals surface area contributed by atoms with Crippen LogP contribution in [-0.4, -0.2) is 25.4 Å². The van der Waals surface area contributed by atoms with Crippen molar-refractivity contribution < 1.29 is 26.3 Å². The van der Waals surface area contributed by atoms with Crippen LogP contribution in [0.5, 0.6) is 0 Å². The molecule has 7 heteroatoms. The normalized spacial score (nSPS) is 16.1. The van der Waals surface area contributed by atoms with E-state index in [2.05, 4.69) is 0 Å². The highest BCUT2D eigenvalue weighted by molar-refractivity contribution is 4.85. The molecule has 1 atom stereocenters. The van der Waals surface area contributed by atoms with E-state index in [9.17, 15) is 26.3 Å². The van der Waals surface area contributed by atoms with Gasteiger partial charge in [0.1, 0.15) is 0 Å². The van der Waals surface area contributed by atoms with Crippen LogP contribution in [0.1, 0.15) is 13.3 Å². The fourth-order valence-electron chi connectivity index (χ4n) is 1.25. The van der Waals surface area contributed by atoms with Crippen molar-refractivity contribution in [3.05, 3.63) is 0 Å². The van der Waals surface area contributed by atoms with E-state index in [1.165, 1.54) is 6.92 Å². The van der Waals surface area contributed by atoms with Crippen molar-refractivity contribution in [3.63, 3.8) is 0 Å². The second-order valence-corrected chi connectivity index (χ2v) is 2.86. The molecule has 1 N–H and O–H groups in total. The van der Waals surface area contributed by atoms with Crippen molar-refractivity contribution in [1.82, 2.24) is 5.32 Å². The smallest absolute Gasteiger partial charge is 0.316 e. The van der Waals surface area contributed by atoms with Crippen molar-refractivity contribution in [1.29, 1.82) is 0 Å². The molecule has 0 fully saturated rings. The van der Waals surface area contributed by atoms with E-state index in [-0.39, 0.29) is 6.42 Å². The number of hydrogen-bond acceptors (Lipinski definition) is 1. The molecule has 0 aromatic heterocycles. The van der Waals surface area contributed by atoms with Crippen LogP contribution in [0.2, 0.25) is 0 Å². The van der Waals surface area contributed by atoms with Crippen molar-refractivity contribution in [2.45, 2.75) is 31.7 Å². The van der Waals surface area contributed by atoms with Gasteiger partial charge in [-0.1, -0.05) is 6.92 Å². The number of nitrogens with one attached hydrogen (secondary N) is 1. The molecule has 0 heterocycles. The van der Waals surface area contributed by atoms with E-state index in [4.69, 9.17) is 0 Å². The molecule has 0 radical (unpaired) electrons. The minimum absolute atomic E-state index is 0.236. The molecule has 0 aromatic rings. The van der Waals surface area contributed by atoms with Gasteiger partial charge in [-0.2, -0.15) is 26.3 Å². The van der Waals surface area contributed by atoms with Crippen molar-refractivity contribution >= 4 is 0 Å². The predicted molar refractivity (Wildman–Crippen MR) is 38.7 cm³/mol. The summed E-state index contributed by atoms with van der Waals surface area (Å²) in [5, 5.41) is 2.02. The molecule has 0 aliphatic heterocycles. The van der Waals surface area contributed by atoms with Gasteiger partial charge in [-0.25, -0.2) is 0 Å². The van der Waals surface area contributed by atoms with Gasteiger partial charge in [-0.05, 0) is 13.5 Å². The third kappa shape index (κ3) is 3.36. The fourth-order valence-corrected chi connectivity index (χ4v) is 1.25. The predicted octanol–water partition coefficient (Wildman–Crippen LogP) is 2.73. The molecule has 86 valence electrons. The molecule has 0 saturated carbocycles. The summed E-state index contributed by atoms with van der Waals surface area (Å²) in [6.45, 7) is 1.27. The monoisotopic (exact) mass is 223 g/mol. The molecule has 0 spiro atoms. The maximum absolute atomic E-state index is 12.1. The van der Waals surface area contributed by atoms with E-state index >= 15 is 0 Å². The van der Waals surface area contributed by atoms with Gasteiger partial charge in [0.2, 0.25) is 0 Å². The van der Waals surface area contributed by atoms with E-state index < -0.39 is 24.3 Å². The first-order valence-electron chi connectivity index (χ1n) is 3.95. The molecule has 1 unspecified atom stereocenters. The quantitative estimate of drug-likeness (QED) is 0.725. The highest BCUT2D eigenvalue weighted by Crippen LogP contribution is 2.41. The van der Waals surface area contributed by atoms with Gasteiger partial charge < -0.3 is 5.32 Å². The van der Waals surface area contributed by atoms with E-state index in [1.54, 1.807) is 0 Å². The van der Waals surface area contributed by atoms with Gasteiger partial charge in [-0.15, -0.1) is 0 Å². The Morgan fingerprint density at radius 3 is 1.43 bits per heavy atom. The van der Waals surface area contributed by atoms with Crippen LogP contribution in [0.3, 0.4) is 0 Å². The lowest BCUT2D eigenvalue weighted by Gasteiger charge is -2.29. The zero-order chi connectivity index (χ0) is 11.6. The molecule has 0 rings (SSSR count). The number of alkyl halides is 6. The summed E-state index contributed by atoms with van der Waals surface area (Å²) in [7, 11) is 1.08. The molecule has 0 bridgehead atoms. The molecule has 0 aliphatic rings. The van der Waals surface area contributed by atoms with E-state index in [0.29, 0.717) is 0 Å². The summed E-state index contributed by atoms with van der Waals surface area (Å²) in [6, 6.07) is -1.63. The Morgan fingerprint density at radius 1 is 1.00 bits per heavy atom. The summed E-state index contributed by atoms with van der Waals surface area (Å²) in [6.07, 6.45) is -10.8. The first-order chi connectivity index (χ1) is 6.14. The molecule has 0 amide bonds. The second-order valence-electron chi connectivity index (χ2n) is 2.86. The first-order valence-corrected chi connectivity index (χ1v) is 3.95. The Kier molecular flexibility index (Phi) is 4.23. The minimum atomic E-state index is -5.26. The minimum Gasteiger partial charge on any atom is -0.316 e. The molecule has 1 nitrogen and oxygen atoms in total. The molecular formula is C7H11F6N. The van der Waals surface area contributed by atoms with Gasteiger partial charge in [0.05, 0.1) is 0 Å². The number of halogens is 6. The maximum atomic E-state index is 12.1. The van der Waals surface area contributed by atoms with Gasteiger partial charge in [0.15, 0.2) is 5.92 Å². The van der Waals surface area contributed by atoms with Crippen molar-refractivity contribution in [3.8, 4) is 0 Å². The van der Waals surface area contributed by atoms with Gasteiger partial charge in [0.25, 0.3) is 0 Å². The largest absolute Gasteiger partial charge is 0.401 e. The summed E-state index contributed by atoms with van der Waals surface area (Å²) >= 11 is 0. The van der Waals surface area contributed by atoms with Gasteiger partial charge in [-0.3, -0.25) is 0 Å². The Hall–Kier alpha value is -0.460. The Morgan fingerprint density at radius 2 is 1.36 bits per heavy atom. The van der Waals surface area contributed by atoms with Crippen LogP contribution < -0.4 is 5.32 Å². The highest BCUT2D eigenvalue weighted by Gasteiger charge is 2.59. The molecule has 0 aliphatic carbocycles. The average molecular weight is 223 g/mol. The topological polar surface area (TPSA) is 12.0 Å². The maximum Gasteiger partial charge on any atom is 0.401 e. The first kappa shape index (κ1) is 13.5. The van der Waals surface area contributed by atoms with Crippen LogP contribution in [0, 0.1) is 5.92 Å². The van der Waals surface area contributed by atoms with E-state index in [1.807, 2.05) is 5.32 Å². The Labute approximate surface area is 77.5 Å². The van der Waals surface area contributed by atoms with E-state index in [0.717, 1.165) is 7.05 Å². The zero-order valence-electron chi connectivity index (χ0n) is 7.63.